The standard InChI is InChI=1S/C19H20FNO3/c20-17-8-4-3-7-16(17)15-6-2-1-5-13(15)12-24-18-10-21-19(23)9-14(18)11-22/h3-4,7-11,13,15H,1-2,5-6,12H2,(H,21,23). The molecule has 0 saturated heterocycles. The topological polar surface area (TPSA) is 59.4 Å². The zero-order valence-electron chi connectivity index (χ0n) is 13.3. The molecule has 0 radical (unpaired) electrons. The molecule has 5 heteroatoms. The Hall–Kier alpha value is -2.43. The van der Waals surface area contributed by atoms with Crippen LogP contribution in [0.15, 0.2) is 36.5 Å². The fraction of sp³-hybridized carbons (Fsp3) is 0.368. The van der Waals surface area contributed by atoms with E-state index in [0.717, 1.165) is 31.2 Å². The number of carbonyl (C=O) groups is 1. The van der Waals surface area contributed by atoms with Crippen LogP contribution in [0, 0.1) is 11.7 Å². The lowest BCUT2D eigenvalue weighted by Gasteiger charge is -2.32. The third kappa shape index (κ3) is 3.55. The van der Waals surface area contributed by atoms with Crippen molar-refractivity contribution in [2.75, 3.05) is 6.61 Å². The highest BCUT2D eigenvalue weighted by atomic mass is 19.1. The van der Waals surface area contributed by atoms with Crippen molar-refractivity contribution < 1.29 is 19.0 Å². The van der Waals surface area contributed by atoms with E-state index in [2.05, 4.69) is 4.98 Å². The molecule has 1 aliphatic rings. The molecular weight excluding hydrogens is 309 g/mol. The maximum Gasteiger partial charge on any atom is 0.211 e. The van der Waals surface area contributed by atoms with E-state index < -0.39 is 0 Å². The highest BCUT2D eigenvalue weighted by Crippen LogP contribution is 2.39. The number of hydrogen-bond acceptors (Lipinski definition) is 4. The molecule has 1 fully saturated rings. The second-order valence-corrected chi connectivity index (χ2v) is 6.18. The number of aromatic hydroxyl groups is 1. The third-order valence-corrected chi connectivity index (χ3v) is 4.68. The van der Waals surface area contributed by atoms with Gasteiger partial charge >= 0.3 is 0 Å². The van der Waals surface area contributed by atoms with Crippen molar-refractivity contribution in [2.24, 2.45) is 5.92 Å². The molecule has 2 aromatic rings. The number of rotatable bonds is 5. The Labute approximate surface area is 140 Å². The van der Waals surface area contributed by atoms with E-state index in [1.165, 1.54) is 18.3 Å². The molecule has 4 nitrogen and oxygen atoms in total. The Morgan fingerprint density at radius 2 is 2.08 bits per heavy atom. The number of hydrogen-bond donors (Lipinski definition) is 1. The molecule has 2 atom stereocenters. The summed E-state index contributed by atoms with van der Waals surface area (Å²) in [5, 5.41) is 9.34. The highest BCUT2D eigenvalue weighted by Gasteiger charge is 2.29. The van der Waals surface area contributed by atoms with Crippen LogP contribution in [0.2, 0.25) is 0 Å². The Morgan fingerprint density at radius 3 is 2.88 bits per heavy atom. The van der Waals surface area contributed by atoms with Gasteiger partial charge in [-0.1, -0.05) is 31.0 Å². The van der Waals surface area contributed by atoms with Gasteiger partial charge in [0.2, 0.25) is 5.88 Å². The Bertz CT molecular complexity index is 720. The Morgan fingerprint density at radius 1 is 1.29 bits per heavy atom. The average molecular weight is 329 g/mol. The highest BCUT2D eigenvalue weighted by molar-refractivity contribution is 5.79. The predicted molar refractivity (Wildman–Crippen MR) is 87.9 cm³/mol. The lowest BCUT2D eigenvalue weighted by atomic mass is 9.75. The van der Waals surface area contributed by atoms with Gasteiger partial charge in [0.1, 0.15) is 11.6 Å². The van der Waals surface area contributed by atoms with Crippen LogP contribution in [0.5, 0.6) is 11.6 Å². The van der Waals surface area contributed by atoms with Gasteiger partial charge in [-0.05, 0) is 36.3 Å². The average Bonchev–Trinajstić information content (AvgIpc) is 2.61. The van der Waals surface area contributed by atoms with Gasteiger partial charge in [-0.15, -0.1) is 0 Å². The summed E-state index contributed by atoms with van der Waals surface area (Å²) in [6.07, 6.45) is 6.04. The Balaban J connectivity index is 1.75. The van der Waals surface area contributed by atoms with Crippen molar-refractivity contribution in [3.63, 3.8) is 0 Å². The van der Waals surface area contributed by atoms with Gasteiger partial charge in [0.15, 0.2) is 6.29 Å². The zero-order valence-corrected chi connectivity index (χ0v) is 13.3. The first kappa shape index (κ1) is 16.4. The fourth-order valence-electron chi connectivity index (χ4n) is 3.45. The van der Waals surface area contributed by atoms with E-state index in [9.17, 15) is 14.3 Å². The first-order chi connectivity index (χ1) is 11.7. The van der Waals surface area contributed by atoms with Crippen LogP contribution >= 0.6 is 0 Å². The van der Waals surface area contributed by atoms with E-state index in [1.807, 2.05) is 12.1 Å². The van der Waals surface area contributed by atoms with Crippen molar-refractivity contribution in [1.82, 2.24) is 4.98 Å². The van der Waals surface area contributed by atoms with Gasteiger partial charge in [-0.2, -0.15) is 0 Å². The van der Waals surface area contributed by atoms with Gasteiger partial charge in [0, 0.05) is 6.07 Å². The third-order valence-electron chi connectivity index (χ3n) is 4.68. The maximum atomic E-state index is 14.1. The smallest absolute Gasteiger partial charge is 0.211 e. The number of ether oxygens (including phenoxy) is 1. The molecular formula is C19H20FNO3. The van der Waals surface area contributed by atoms with Crippen LogP contribution in [0.3, 0.4) is 0 Å². The Kier molecular flexibility index (Phi) is 5.08. The van der Waals surface area contributed by atoms with Crippen LogP contribution in [-0.4, -0.2) is 23.0 Å². The summed E-state index contributed by atoms with van der Waals surface area (Å²) in [4.78, 5) is 14.8. The molecule has 0 aliphatic heterocycles. The van der Waals surface area contributed by atoms with Crippen molar-refractivity contribution in [3.05, 3.63) is 53.5 Å². The van der Waals surface area contributed by atoms with Crippen LogP contribution in [0.1, 0.15) is 47.5 Å². The number of halogens is 1. The van der Waals surface area contributed by atoms with E-state index in [4.69, 9.17) is 4.74 Å². The molecule has 1 aromatic heterocycles. The van der Waals surface area contributed by atoms with E-state index in [1.54, 1.807) is 6.07 Å². The van der Waals surface area contributed by atoms with E-state index >= 15 is 0 Å². The SMILES string of the molecule is O=Cc1cc(O)ncc1OCC1CCCCC1c1ccccc1F. The number of carbonyl (C=O) groups excluding carboxylic acids is 1. The predicted octanol–water partition coefficient (Wildman–Crippen LogP) is 4.09. The maximum absolute atomic E-state index is 14.1. The van der Waals surface area contributed by atoms with Crippen LogP contribution in [0.4, 0.5) is 4.39 Å². The monoisotopic (exact) mass is 329 g/mol. The number of pyridine rings is 1. The summed E-state index contributed by atoms with van der Waals surface area (Å²) in [7, 11) is 0. The quantitative estimate of drug-likeness (QED) is 0.839. The van der Waals surface area contributed by atoms with Crippen molar-refractivity contribution >= 4 is 6.29 Å². The summed E-state index contributed by atoms with van der Waals surface area (Å²) in [5.74, 6) is 0.259. The van der Waals surface area contributed by atoms with Crippen LogP contribution in [0.25, 0.3) is 0 Å². The van der Waals surface area contributed by atoms with E-state index in [0.29, 0.717) is 18.6 Å². The summed E-state index contributed by atoms with van der Waals surface area (Å²) < 4.78 is 19.9. The summed E-state index contributed by atoms with van der Waals surface area (Å²) in [5.41, 5.74) is 1.01. The molecule has 3 rings (SSSR count). The molecule has 1 saturated carbocycles. The minimum absolute atomic E-state index is 0.115. The van der Waals surface area contributed by atoms with Crippen LogP contribution < -0.4 is 4.74 Å². The van der Waals surface area contributed by atoms with Gasteiger partial charge in [-0.3, -0.25) is 4.79 Å². The number of aldehydes is 1. The minimum atomic E-state index is -0.216. The zero-order chi connectivity index (χ0) is 16.9. The van der Waals surface area contributed by atoms with E-state index in [-0.39, 0.29) is 29.1 Å². The second kappa shape index (κ2) is 7.43. The van der Waals surface area contributed by atoms with Crippen molar-refractivity contribution in [3.8, 4) is 11.6 Å². The molecule has 1 aliphatic carbocycles. The van der Waals surface area contributed by atoms with Gasteiger partial charge < -0.3 is 9.84 Å². The van der Waals surface area contributed by atoms with Gasteiger partial charge in [0.05, 0.1) is 18.4 Å². The van der Waals surface area contributed by atoms with Gasteiger partial charge in [-0.25, -0.2) is 9.37 Å². The molecule has 1 heterocycles. The molecule has 126 valence electrons. The van der Waals surface area contributed by atoms with Crippen molar-refractivity contribution in [2.45, 2.75) is 31.6 Å². The molecule has 0 amide bonds. The minimum Gasteiger partial charge on any atom is -0.493 e. The molecule has 0 bridgehead atoms. The summed E-state index contributed by atoms with van der Waals surface area (Å²) in [6.45, 7) is 0.395. The summed E-state index contributed by atoms with van der Waals surface area (Å²) in [6, 6.07) is 8.18. The van der Waals surface area contributed by atoms with Gasteiger partial charge in [0.25, 0.3) is 0 Å². The molecule has 24 heavy (non-hydrogen) atoms. The fourth-order valence-corrected chi connectivity index (χ4v) is 3.45. The lowest BCUT2D eigenvalue weighted by Crippen LogP contribution is -2.24. The lowest BCUT2D eigenvalue weighted by molar-refractivity contribution is 0.111. The summed E-state index contributed by atoms with van der Waals surface area (Å²) >= 11 is 0. The largest absolute Gasteiger partial charge is 0.493 e. The number of aromatic nitrogens is 1. The van der Waals surface area contributed by atoms with Crippen LogP contribution in [-0.2, 0) is 0 Å². The molecule has 1 aromatic carbocycles. The normalized spacial score (nSPS) is 20.5. The second-order valence-electron chi connectivity index (χ2n) is 6.18. The first-order valence-electron chi connectivity index (χ1n) is 8.20. The first-order valence-corrected chi connectivity index (χ1v) is 8.20. The number of benzene rings is 1. The molecule has 0 spiro atoms. The number of nitrogens with zero attached hydrogens (tertiary/aromatic N) is 1. The van der Waals surface area contributed by atoms with Crippen molar-refractivity contribution in [1.29, 1.82) is 0 Å². The molecule has 2 unspecified atom stereocenters. The molecule has 1 N–H and O–H groups in total.